The minimum Gasteiger partial charge on any atom is -0.479 e. The number of benzene rings is 3. The summed E-state index contributed by atoms with van der Waals surface area (Å²) in [6, 6.07) is 21.8. The summed E-state index contributed by atoms with van der Waals surface area (Å²) in [5, 5.41) is 9.92. The van der Waals surface area contributed by atoms with Crippen LogP contribution in [-0.4, -0.2) is 27.5 Å². The zero-order valence-electron chi connectivity index (χ0n) is 21.1. The van der Waals surface area contributed by atoms with Crippen molar-refractivity contribution in [1.29, 1.82) is 0 Å². The topological polar surface area (TPSA) is 68.5 Å². The van der Waals surface area contributed by atoms with Gasteiger partial charge in [-0.2, -0.15) is 0 Å². The second kappa shape index (κ2) is 10.8. The molecule has 1 atom stereocenters. The molecule has 0 saturated heterocycles. The maximum Gasteiger partial charge on any atom is 0.332 e. The molecular weight excluding hydrogens is 450 g/mol. The first-order valence-corrected chi connectivity index (χ1v) is 12.1. The number of rotatable bonds is 9. The molecule has 0 unspecified atom stereocenters. The highest BCUT2D eigenvalue weighted by Gasteiger charge is 2.21. The maximum absolute atomic E-state index is 13.5. The van der Waals surface area contributed by atoms with Crippen molar-refractivity contribution < 1.29 is 19.4 Å². The fraction of sp³-hybridized carbons (Fsp3) is 0.226. The first kappa shape index (κ1) is 25.1. The van der Waals surface area contributed by atoms with Crippen LogP contribution in [0.1, 0.15) is 50.8 Å². The molecule has 5 heteroatoms. The van der Waals surface area contributed by atoms with Gasteiger partial charge >= 0.3 is 5.97 Å². The van der Waals surface area contributed by atoms with E-state index in [4.69, 9.17) is 9.84 Å². The number of fused-ring (bicyclic) bond motifs is 1. The van der Waals surface area contributed by atoms with Crippen molar-refractivity contribution in [1.82, 2.24) is 4.57 Å². The molecule has 0 aliphatic heterocycles. The van der Waals surface area contributed by atoms with E-state index in [9.17, 15) is 9.59 Å². The first-order valence-electron chi connectivity index (χ1n) is 12.1. The third-order valence-electron chi connectivity index (χ3n) is 6.45. The van der Waals surface area contributed by atoms with Crippen molar-refractivity contribution in [3.63, 3.8) is 0 Å². The highest BCUT2D eigenvalue weighted by atomic mass is 16.5. The number of carbonyl (C=O) groups excluding carboxylic acids is 1. The summed E-state index contributed by atoms with van der Waals surface area (Å²) < 4.78 is 7.52. The molecule has 184 valence electrons. The molecule has 36 heavy (non-hydrogen) atoms. The summed E-state index contributed by atoms with van der Waals surface area (Å²) in [5.74, 6) is -0.929. The normalized spacial score (nSPS) is 12.3. The molecule has 0 aliphatic carbocycles. The SMILES string of the molecule is Cc1ccc(C(=O)c2c(C)n(CC=Cc3ccc(CO[C@H](C)C(=O)O)cc3)c3ccc(C)cc23)cc1. The van der Waals surface area contributed by atoms with E-state index >= 15 is 0 Å². The van der Waals surface area contributed by atoms with Gasteiger partial charge in [-0.05, 0) is 51.0 Å². The molecule has 1 aromatic heterocycles. The van der Waals surface area contributed by atoms with Crippen molar-refractivity contribution in [3.05, 3.63) is 112 Å². The Balaban J connectivity index is 1.56. The van der Waals surface area contributed by atoms with E-state index in [1.165, 1.54) is 6.92 Å². The number of aromatic nitrogens is 1. The smallest absolute Gasteiger partial charge is 0.332 e. The number of aliphatic carboxylic acids is 1. The Bertz CT molecular complexity index is 1430. The Morgan fingerprint density at radius 2 is 1.61 bits per heavy atom. The van der Waals surface area contributed by atoms with Gasteiger partial charge in [-0.1, -0.05) is 77.9 Å². The number of ether oxygens (including phenoxy) is 1. The second-order valence-electron chi connectivity index (χ2n) is 9.22. The molecule has 0 saturated carbocycles. The molecule has 0 fully saturated rings. The van der Waals surface area contributed by atoms with E-state index < -0.39 is 12.1 Å². The van der Waals surface area contributed by atoms with Crippen LogP contribution < -0.4 is 0 Å². The van der Waals surface area contributed by atoms with Crippen LogP contribution >= 0.6 is 0 Å². The molecule has 4 rings (SSSR count). The van der Waals surface area contributed by atoms with Gasteiger partial charge in [-0.3, -0.25) is 4.79 Å². The number of nitrogens with zero attached hydrogens (tertiary/aromatic N) is 1. The molecule has 0 amide bonds. The zero-order chi connectivity index (χ0) is 25.8. The number of hydrogen-bond donors (Lipinski definition) is 1. The molecule has 0 bridgehead atoms. The molecule has 0 radical (unpaired) electrons. The first-order chi connectivity index (χ1) is 17.2. The van der Waals surface area contributed by atoms with E-state index in [1.54, 1.807) is 0 Å². The summed E-state index contributed by atoms with van der Waals surface area (Å²) in [7, 11) is 0. The molecular formula is C31H31NO4. The quantitative estimate of drug-likeness (QED) is 0.277. The Kier molecular flexibility index (Phi) is 7.51. The number of hydrogen-bond acceptors (Lipinski definition) is 3. The summed E-state index contributed by atoms with van der Waals surface area (Å²) in [6.07, 6.45) is 3.30. The van der Waals surface area contributed by atoms with Crippen LogP contribution in [-0.2, 0) is 22.7 Å². The lowest BCUT2D eigenvalue weighted by atomic mass is 9.99. The lowest BCUT2D eigenvalue weighted by molar-refractivity contribution is -0.149. The Morgan fingerprint density at radius 3 is 2.28 bits per heavy atom. The summed E-state index contributed by atoms with van der Waals surface area (Å²) in [5.41, 5.74) is 7.64. The lowest BCUT2D eigenvalue weighted by Crippen LogP contribution is -2.19. The highest BCUT2D eigenvalue weighted by molar-refractivity contribution is 6.17. The summed E-state index contributed by atoms with van der Waals surface area (Å²) in [4.78, 5) is 24.4. The van der Waals surface area contributed by atoms with Gasteiger partial charge in [0.25, 0.3) is 0 Å². The van der Waals surface area contributed by atoms with Crippen molar-refractivity contribution in [2.24, 2.45) is 0 Å². The number of carboxylic acid groups (broad SMARTS) is 1. The fourth-order valence-electron chi connectivity index (χ4n) is 4.28. The molecule has 3 aromatic carbocycles. The van der Waals surface area contributed by atoms with Crippen LogP contribution in [0, 0.1) is 20.8 Å². The van der Waals surface area contributed by atoms with Gasteiger partial charge in [0.05, 0.1) is 12.2 Å². The van der Waals surface area contributed by atoms with Gasteiger partial charge < -0.3 is 14.4 Å². The van der Waals surface area contributed by atoms with Crippen LogP contribution in [0.25, 0.3) is 17.0 Å². The van der Waals surface area contributed by atoms with Crippen LogP contribution in [0.3, 0.4) is 0 Å². The number of carboxylic acids is 1. The van der Waals surface area contributed by atoms with E-state index in [0.717, 1.165) is 44.4 Å². The van der Waals surface area contributed by atoms with Crippen molar-refractivity contribution in [3.8, 4) is 0 Å². The van der Waals surface area contributed by atoms with Gasteiger partial charge in [0.1, 0.15) is 0 Å². The average molecular weight is 482 g/mol. The van der Waals surface area contributed by atoms with Gasteiger partial charge in [-0.15, -0.1) is 0 Å². The lowest BCUT2D eigenvalue weighted by Gasteiger charge is -2.08. The Hall–Kier alpha value is -3.96. The second-order valence-corrected chi connectivity index (χ2v) is 9.22. The van der Waals surface area contributed by atoms with E-state index in [2.05, 4.69) is 28.8 Å². The molecule has 4 aromatic rings. The number of allylic oxidation sites excluding steroid dienone is 1. The molecule has 1 N–H and O–H groups in total. The van der Waals surface area contributed by atoms with E-state index in [-0.39, 0.29) is 12.4 Å². The third kappa shape index (κ3) is 5.47. The van der Waals surface area contributed by atoms with Crippen molar-refractivity contribution in [2.45, 2.75) is 47.0 Å². The molecule has 1 heterocycles. The Morgan fingerprint density at radius 1 is 0.944 bits per heavy atom. The monoisotopic (exact) mass is 481 g/mol. The minimum absolute atomic E-state index is 0.0425. The van der Waals surface area contributed by atoms with Crippen molar-refractivity contribution >= 4 is 28.7 Å². The molecule has 5 nitrogen and oxygen atoms in total. The van der Waals surface area contributed by atoms with Gasteiger partial charge in [-0.25, -0.2) is 4.79 Å². The van der Waals surface area contributed by atoms with E-state index in [0.29, 0.717) is 12.1 Å². The number of ketones is 1. The zero-order valence-corrected chi connectivity index (χ0v) is 21.1. The van der Waals surface area contributed by atoms with Crippen molar-refractivity contribution in [2.75, 3.05) is 0 Å². The standard InChI is InChI=1S/C31H31NO4/c1-20-7-14-26(15-8-20)30(33)29-22(3)32(28-16-9-21(2)18-27(28)29)17-5-6-24-10-12-25(13-11-24)19-36-23(4)31(34)35/h5-16,18,23H,17,19H2,1-4H3,(H,34,35)/t23-/m1/s1. The van der Waals surface area contributed by atoms with Gasteiger partial charge in [0, 0.05) is 28.7 Å². The van der Waals surface area contributed by atoms with E-state index in [1.807, 2.05) is 75.4 Å². The largest absolute Gasteiger partial charge is 0.479 e. The summed E-state index contributed by atoms with van der Waals surface area (Å²) >= 11 is 0. The number of aryl methyl sites for hydroxylation is 2. The average Bonchev–Trinajstić information content (AvgIpc) is 3.13. The summed E-state index contributed by atoms with van der Waals surface area (Å²) in [6.45, 7) is 8.48. The predicted octanol–water partition coefficient (Wildman–Crippen LogP) is 6.50. The third-order valence-corrected chi connectivity index (χ3v) is 6.45. The van der Waals surface area contributed by atoms with Gasteiger partial charge in [0.15, 0.2) is 11.9 Å². The minimum atomic E-state index is -0.971. The number of carbonyl (C=O) groups is 2. The maximum atomic E-state index is 13.5. The van der Waals surface area contributed by atoms with Crippen LogP contribution in [0.4, 0.5) is 0 Å². The molecule has 0 aliphatic rings. The fourth-order valence-corrected chi connectivity index (χ4v) is 4.28. The van der Waals surface area contributed by atoms with Crippen LogP contribution in [0.5, 0.6) is 0 Å². The Labute approximate surface area is 211 Å². The predicted molar refractivity (Wildman–Crippen MR) is 143 cm³/mol. The van der Waals surface area contributed by atoms with Crippen LogP contribution in [0.2, 0.25) is 0 Å². The highest BCUT2D eigenvalue weighted by Crippen LogP contribution is 2.29. The molecule has 0 spiro atoms. The van der Waals surface area contributed by atoms with Gasteiger partial charge in [0.2, 0.25) is 0 Å². The van der Waals surface area contributed by atoms with Crippen LogP contribution in [0.15, 0.2) is 72.8 Å².